The summed E-state index contributed by atoms with van der Waals surface area (Å²) in [5, 5.41) is 5.57. The summed E-state index contributed by atoms with van der Waals surface area (Å²) in [6.07, 6.45) is 0. The van der Waals surface area contributed by atoms with Gasteiger partial charge in [0.05, 0.1) is 16.9 Å². The maximum Gasteiger partial charge on any atom is 0.338 e. The van der Waals surface area contributed by atoms with Crippen molar-refractivity contribution in [3.63, 3.8) is 0 Å². The van der Waals surface area contributed by atoms with Crippen LogP contribution in [-0.4, -0.2) is 35.3 Å². The zero-order valence-corrected chi connectivity index (χ0v) is 22.3. The van der Waals surface area contributed by atoms with Crippen molar-refractivity contribution in [2.24, 2.45) is 0 Å². The first-order valence-corrected chi connectivity index (χ1v) is 15.2. The third-order valence-corrected chi connectivity index (χ3v) is 10.2. The summed E-state index contributed by atoms with van der Waals surface area (Å²) < 4.78 is 73.5. The molecule has 0 bridgehead atoms. The van der Waals surface area contributed by atoms with Gasteiger partial charge in [0.1, 0.15) is 14.2 Å². The molecule has 0 aliphatic heterocycles. The molecule has 0 saturated heterocycles. The molecule has 4 aromatic rings. The molecular formula is C23H18FN3O7S4. The topological polar surface area (TPSA) is 148 Å². The molecule has 2 heterocycles. The molecular weight excluding hydrogens is 578 g/mol. The number of hydrogen-bond donors (Lipinski definition) is 3. The van der Waals surface area contributed by atoms with E-state index in [1.807, 2.05) is 0 Å². The summed E-state index contributed by atoms with van der Waals surface area (Å²) in [7, 11) is -8.06. The molecule has 0 radical (unpaired) electrons. The molecule has 0 aliphatic rings. The van der Waals surface area contributed by atoms with E-state index < -0.39 is 44.3 Å². The second kappa shape index (κ2) is 11.3. The van der Waals surface area contributed by atoms with Gasteiger partial charge in [-0.25, -0.2) is 26.0 Å². The second-order valence-electron chi connectivity index (χ2n) is 7.51. The van der Waals surface area contributed by atoms with Gasteiger partial charge in [-0.15, -0.1) is 22.7 Å². The van der Waals surface area contributed by atoms with E-state index in [1.54, 1.807) is 22.9 Å². The molecule has 38 heavy (non-hydrogen) atoms. The number of esters is 1. The average Bonchev–Trinajstić information content (AvgIpc) is 3.58. The molecule has 0 fully saturated rings. The van der Waals surface area contributed by atoms with Crippen molar-refractivity contribution in [1.82, 2.24) is 0 Å². The summed E-state index contributed by atoms with van der Waals surface area (Å²) >= 11 is 1.93. The van der Waals surface area contributed by atoms with Crippen molar-refractivity contribution < 1.29 is 35.6 Å². The van der Waals surface area contributed by atoms with Crippen LogP contribution >= 0.6 is 22.7 Å². The minimum atomic E-state index is -4.03. The third kappa shape index (κ3) is 6.95. The molecule has 1 amide bonds. The molecule has 198 valence electrons. The number of rotatable bonds is 10. The van der Waals surface area contributed by atoms with Crippen LogP contribution in [0.2, 0.25) is 0 Å². The van der Waals surface area contributed by atoms with Crippen molar-refractivity contribution in [2.45, 2.75) is 8.42 Å². The van der Waals surface area contributed by atoms with Gasteiger partial charge >= 0.3 is 5.97 Å². The Hall–Kier alpha value is -3.79. The normalized spacial score (nSPS) is 11.5. The first-order valence-electron chi connectivity index (χ1n) is 10.5. The molecule has 2 aromatic heterocycles. The van der Waals surface area contributed by atoms with Crippen molar-refractivity contribution in [1.29, 1.82) is 0 Å². The molecule has 3 N–H and O–H groups in total. The smallest absolute Gasteiger partial charge is 0.338 e. The Bertz CT molecular complexity index is 1570. The Morgan fingerprint density at radius 3 is 1.76 bits per heavy atom. The Kier molecular flexibility index (Phi) is 8.11. The molecule has 2 aromatic carbocycles. The number of sulfonamides is 2. The van der Waals surface area contributed by atoms with Gasteiger partial charge in [-0.3, -0.25) is 14.2 Å². The number of thiophene rings is 2. The first kappa shape index (κ1) is 27.3. The number of halogens is 1. The summed E-state index contributed by atoms with van der Waals surface area (Å²) in [5.41, 5.74) is -0.183. The lowest BCUT2D eigenvalue weighted by Gasteiger charge is -2.13. The quantitative estimate of drug-likeness (QED) is 0.231. The van der Waals surface area contributed by atoms with Crippen LogP contribution < -0.4 is 14.8 Å². The second-order valence-corrected chi connectivity index (χ2v) is 13.2. The van der Waals surface area contributed by atoms with Crippen LogP contribution in [-0.2, 0) is 29.6 Å². The third-order valence-electron chi connectivity index (χ3n) is 4.66. The van der Waals surface area contributed by atoms with Crippen LogP contribution in [0, 0.1) is 5.82 Å². The summed E-state index contributed by atoms with van der Waals surface area (Å²) in [6, 6.07) is 14.3. The van der Waals surface area contributed by atoms with Crippen LogP contribution in [0.25, 0.3) is 0 Å². The van der Waals surface area contributed by atoms with Gasteiger partial charge < -0.3 is 10.1 Å². The summed E-state index contributed by atoms with van der Waals surface area (Å²) in [4.78, 5) is 24.9. The number of benzene rings is 2. The Labute approximate surface area is 225 Å². The first-order chi connectivity index (χ1) is 18.0. The number of anilines is 3. The van der Waals surface area contributed by atoms with E-state index in [1.165, 1.54) is 30.3 Å². The van der Waals surface area contributed by atoms with Gasteiger partial charge in [-0.1, -0.05) is 12.1 Å². The van der Waals surface area contributed by atoms with Crippen LogP contribution in [0.4, 0.5) is 21.5 Å². The van der Waals surface area contributed by atoms with Gasteiger partial charge in [-0.2, -0.15) is 0 Å². The highest BCUT2D eigenvalue weighted by atomic mass is 32.3. The van der Waals surface area contributed by atoms with E-state index in [4.69, 9.17) is 4.74 Å². The number of ether oxygens (including phenoxy) is 1. The van der Waals surface area contributed by atoms with E-state index in [-0.39, 0.29) is 31.0 Å². The van der Waals surface area contributed by atoms with Crippen molar-refractivity contribution in [3.05, 3.63) is 88.9 Å². The van der Waals surface area contributed by atoms with Crippen molar-refractivity contribution in [3.8, 4) is 0 Å². The highest BCUT2D eigenvalue weighted by molar-refractivity contribution is 7.95. The van der Waals surface area contributed by atoms with Crippen LogP contribution in [0.15, 0.2) is 85.9 Å². The fourth-order valence-electron chi connectivity index (χ4n) is 3.05. The maximum atomic E-state index is 13.0. The number of nitrogens with one attached hydrogen (secondary N) is 3. The number of carbonyl (C=O) groups excluding carboxylic acids is 2. The summed E-state index contributed by atoms with van der Waals surface area (Å²) in [5.74, 6) is -2.22. The van der Waals surface area contributed by atoms with E-state index >= 15 is 0 Å². The van der Waals surface area contributed by atoms with Crippen molar-refractivity contribution >= 4 is 71.7 Å². The minimum absolute atomic E-state index is 0.00339. The Morgan fingerprint density at radius 1 is 0.763 bits per heavy atom. The predicted octanol–water partition coefficient (Wildman–Crippen LogP) is 4.35. The molecule has 0 atom stereocenters. The van der Waals surface area contributed by atoms with Gasteiger partial charge in [0.25, 0.3) is 26.0 Å². The Balaban J connectivity index is 1.56. The largest absolute Gasteiger partial charge is 0.452 e. The predicted molar refractivity (Wildman–Crippen MR) is 142 cm³/mol. The zero-order valence-electron chi connectivity index (χ0n) is 19.1. The van der Waals surface area contributed by atoms with E-state index in [2.05, 4.69) is 14.8 Å². The average molecular weight is 596 g/mol. The Morgan fingerprint density at radius 2 is 1.29 bits per heavy atom. The number of amides is 1. The van der Waals surface area contributed by atoms with E-state index in [9.17, 15) is 30.8 Å². The van der Waals surface area contributed by atoms with Crippen LogP contribution in [0.1, 0.15) is 10.4 Å². The summed E-state index contributed by atoms with van der Waals surface area (Å²) in [6.45, 7) is -0.711. The lowest BCUT2D eigenvalue weighted by molar-refractivity contribution is -0.119. The molecule has 0 unspecified atom stereocenters. The molecule has 4 rings (SSSR count). The highest BCUT2D eigenvalue weighted by Gasteiger charge is 2.21. The fourth-order valence-corrected chi connectivity index (χ4v) is 7.12. The SMILES string of the molecule is O=C(COC(=O)c1cc(NS(=O)(=O)c2cccs2)cc(NS(=O)(=O)c2cccs2)c1)Nc1ccc(F)cc1. The molecule has 0 saturated carbocycles. The lowest BCUT2D eigenvalue weighted by Crippen LogP contribution is -2.21. The number of hydrogen-bond acceptors (Lipinski definition) is 9. The maximum absolute atomic E-state index is 13.0. The van der Waals surface area contributed by atoms with Crippen LogP contribution in [0.5, 0.6) is 0 Å². The van der Waals surface area contributed by atoms with Crippen molar-refractivity contribution in [2.75, 3.05) is 21.4 Å². The van der Waals surface area contributed by atoms with E-state index in [0.29, 0.717) is 0 Å². The fraction of sp³-hybridized carbons (Fsp3) is 0.0435. The standard InChI is InChI=1S/C23H18FN3O7S4/c24-16-5-7-17(8-6-16)25-20(28)14-34-23(29)15-11-18(26-37(30,31)21-3-1-9-35-21)13-19(12-15)27-38(32,33)22-4-2-10-36-22/h1-13,26-27H,14H2,(H,25,28). The molecule has 15 heteroatoms. The minimum Gasteiger partial charge on any atom is -0.452 e. The monoisotopic (exact) mass is 595 g/mol. The van der Waals surface area contributed by atoms with Gasteiger partial charge in [0, 0.05) is 5.69 Å². The molecule has 0 spiro atoms. The highest BCUT2D eigenvalue weighted by Crippen LogP contribution is 2.27. The zero-order chi connectivity index (χ0) is 27.3. The van der Waals surface area contributed by atoms with Gasteiger partial charge in [0.15, 0.2) is 6.61 Å². The van der Waals surface area contributed by atoms with Gasteiger partial charge in [-0.05, 0) is 65.4 Å². The van der Waals surface area contributed by atoms with E-state index in [0.717, 1.165) is 46.9 Å². The molecule has 10 nitrogen and oxygen atoms in total. The number of carbonyl (C=O) groups is 2. The van der Waals surface area contributed by atoms with Gasteiger partial charge in [0.2, 0.25) is 0 Å². The lowest BCUT2D eigenvalue weighted by atomic mass is 10.2. The van der Waals surface area contributed by atoms with Crippen LogP contribution in [0.3, 0.4) is 0 Å². The molecule has 0 aliphatic carbocycles.